The summed E-state index contributed by atoms with van der Waals surface area (Å²) < 4.78 is 30.8. The molecule has 7 aromatic carbocycles. The van der Waals surface area contributed by atoms with Crippen molar-refractivity contribution in [2.75, 3.05) is 28.4 Å². The Balaban J connectivity index is 1.28. The standard InChI is InChI=1S/C52H44O5/c1-53-38-19-15-36(16-20-38)52(37-17-21-39(54-2)22-18-37)28-27-44-48-47(42-25-23-40(55-3)31-45(42)49(44)57-52)43-26-24-41(56-4)32-46(43)51(48)30-29-50(33-51,34-11-7-5-8-12-34)35-13-9-6-10-14-35/h5-28,31-32H,29-30,33H2,1-4H3. The lowest BCUT2D eigenvalue weighted by Gasteiger charge is -2.39. The van der Waals surface area contributed by atoms with Crippen molar-refractivity contribution in [2.24, 2.45) is 0 Å². The molecular weight excluding hydrogens is 705 g/mol. The number of methoxy groups -OCH3 is 4. The highest BCUT2D eigenvalue weighted by Gasteiger charge is 2.57. The fourth-order valence-electron chi connectivity index (χ4n) is 10.3. The Labute approximate surface area is 334 Å². The maximum atomic E-state index is 7.70. The number of hydrogen-bond donors (Lipinski definition) is 0. The number of rotatable bonds is 8. The van der Waals surface area contributed by atoms with Crippen molar-refractivity contribution in [1.82, 2.24) is 0 Å². The van der Waals surface area contributed by atoms with E-state index < -0.39 is 5.60 Å². The lowest BCUT2D eigenvalue weighted by atomic mass is 9.67. The smallest absolute Gasteiger partial charge is 0.178 e. The van der Waals surface area contributed by atoms with E-state index in [0.29, 0.717) is 0 Å². The third-order valence-electron chi connectivity index (χ3n) is 13.0. The van der Waals surface area contributed by atoms with Crippen LogP contribution in [-0.4, -0.2) is 28.4 Å². The molecule has 0 radical (unpaired) electrons. The summed E-state index contributed by atoms with van der Waals surface area (Å²) >= 11 is 0. The Morgan fingerprint density at radius 2 is 1.02 bits per heavy atom. The monoisotopic (exact) mass is 748 g/mol. The first kappa shape index (κ1) is 35.0. The largest absolute Gasteiger partial charge is 0.497 e. The van der Waals surface area contributed by atoms with Crippen LogP contribution >= 0.6 is 0 Å². The molecule has 1 heterocycles. The zero-order valence-corrected chi connectivity index (χ0v) is 32.7. The van der Waals surface area contributed by atoms with Crippen molar-refractivity contribution < 1.29 is 23.7 Å². The first-order valence-corrected chi connectivity index (χ1v) is 19.6. The number of ether oxygens (including phenoxy) is 5. The SMILES string of the molecule is COc1ccc(C2(c3ccc(OC)cc3)C=Cc3c4c(c5ccc(OC)cc5c3O2)-c2ccc(OC)cc2C42CCC(c3ccccc3)(c3ccccc3)C2)cc1. The Morgan fingerprint density at radius 3 is 1.60 bits per heavy atom. The molecule has 1 atom stereocenters. The topological polar surface area (TPSA) is 46.2 Å². The normalized spacial score (nSPS) is 18.0. The summed E-state index contributed by atoms with van der Waals surface area (Å²) in [5.41, 5.74) is 9.38. The lowest BCUT2D eigenvalue weighted by Crippen LogP contribution is -2.35. The molecule has 7 aromatic rings. The summed E-state index contributed by atoms with van der Waals surface area (Å²) in [6.45, 7) is 0. The molecule has 1 unspecified atom stereocenters. The molecule has 282 valence electrons. The molecule has 5 nitrogen and oxygen atoms in total. The lowest BCUT2D eigenvalue weighted by molar-refractivity contribution is 0.163. The maximum absolute atomic E-state index is 7.70. The fourth-order valence-corrected chi connectivity index (χ4v) is 10.3. The maximum Gasteiger partial charge on any atom is 0.178 e. The molecule has 0 amide bonds. The second-order valence-corrected chi connectivity index (χ2v) is 15.5. The van der Waals surface area contributed by atoms with Crippen molar-refractivity contribution in [3.63, 3.8) is 0 Å². The molecule has 10 rings (SSSR count). The van der Waals surface area contributed by atoms with E-state index in [9.17, 15) is 0 Å². The van der Waals surface area contributed by atoms with Crippen LogP contribution in [0, 0.1) is 0 Å². The van der Waals surface area contributed by atoms with Crippen molar-refractivity contribution >= 4 is 16.8 Å². The molecule has 0 saturated heterocycles. The van der Waals surface area contributed by atoms with Crippen molar-refractivity contribution in [2.45, 2.75) is 35.7 Å². The molecule has 1 aliphatic heterocycles. The average molecular weight is 749 g/mol. The van der Waals surface area contributed by atoms with E-state index in [1.165, 1.54) is 33.4 Å². The molecule has 1 spiro atoms. The Hall–Kier alpha value is -6.46. The van der Waals surface area contributed by atoms with Gasteiger partial charge in [0.05, 0.1) is 28.4 Å². The van der Waals surface area contributed by atoms with E-state index >= 15 is 0 Å². The van der Waals surface area contributed by atoms with Gasteiger partial charge >= 0.3 is 0 Å². The van der Waals surface area contributed by atoms with E-state index in [4.69, 9.17) is 23.7 Å². The van der Waals surface area contributed by atoms with Crippen LogP contribution in [0.25, 0.3) is 28.0 Å². The van der Waals surface area contributed by atoms with Crippen LogP contribution in [0.15, 0.2) is 152 Å². The molecule has 2 aliphatic carbocycles. The molecule has 1 fully saturated rings. The number of hydrogen-bond acceptors (Lipinski definition) is 5. The first-order valence-electron chi connectivity index (χ1n) is 19.6. The molecule has 3 aliphatic rings. The van der Waals surface area contributed by atoms with Gasteiger partial charge < -0.3 is 23.7 Å². The van der Waals surface area contributed by atoms with Gasteiger partial charge in [-0.2, -0.15) is 0 Å². The van der Waals surface area contributed by atoms with Crippen LogP contribution in [-0.2, 0) is 16.4 Å². The molecule has 0 bridgehead atoms. The van der Waals surface area contributed by atoms with Gasteiger partial charge in [-0.15, -0.1) is 0 Å². The van der Waals surface area contributed by atoms with E-state index in [1.807, 2.05) is 24.3 Å². The van der Waals surface area contributed by atoms with E-state index in [1.54, 1.807) is 28.4 Å². The fraction of sp³-hybridized carbons (Fsp3) is 0.192. The van der Waals surface area contributed by atoms with Gasteiger partial charge in [0.2, 0.25) is 0 Å². The zero-order chi connectivity index (χ0) is 38.8. The molecule has 5 heteroatoms. The molecule has 0 aromatic heterocycles. The molecule has 57 heavy (non-hydrogen) atoms. The second kappa shape index (κ2) is 13.3. The van der Waals surface area contributed by atoms with Gasteiger partial charge in [-0.25, -0.2) is 0 Å². The van der Waals surface area contributed by atoms with Crippen molar-refractivity contribution in [3.8, 4) is 39.9 Å². The molecular formula is C52H44O5. The Bertz CT molecular complexity index is 2580. The van der Waals surface area contributed by atoms with Gasteiger partial charge in [0, 0.05) is 32.9 Å². The van der Waals surface area contributed by atoms with E-state index in [2.05, 4.69) is 133 Å². The summed E-state index contributed by atoms with van der Waals surface area (Å²) in [6, 6.07) is 51.8. The number of benzene rings is 7. The van der Waals surface area contributed by atoms with Crippen LogP contribution in [0.5, 0.6) is 28.7 Å². The van der Waals surface area contributed by atoms with Crippen molar-refractivity contribution in [1.29, 1.82) is 0 Å². The Kier molecular flexibility index (Phi) is 8.19. The minimum Gasteiger partial charge on any atom is -0.497 e. The summed E-state index contributed by atoms with van der Waals surface area (Å²) in [4.78, 5) is 0. The Morgan fingerprint density at radius 1 is 0.491 bits per heavy atom. The summed E-state index contributed by atoms with van der Waals surface area (Å²) in [6.07, 6.45) is 7.41. The highest BCUT2D eigenvalue weighted by atomic mass is 16.5. The predicted octanol–water partition coefficient (Wildman–Crippen LogP) is 11.7. The van der Waals surface area contributed by atoms with Gasteiger partial charge in [0.25, 0.3) is 0 Å². The minimum absolute atomic E-state index is 0.221. The van der Waals surface area contributed by atoms with Crippen LogP contribution < -0.4 is 23.7 Å². The van der Waals surface area contributed by atoms with Crippen LogP contribution in [0.2, 0.25) is 0 Å². The van der Waals surface area contributed by atoms with Gasteiger partial charge in [-0.3, -0.25) is 0 Å². The third kappa shape index (κ3) is 5.14. The summed E-state index contributed by atoms with van der Waals surface area (Å²) in [7, 11) is 6.88. The molecule has 1 saturated carbocycles. The number of fused-ring (bicyclic) bond motifs is 10. The van der Waals surface area contributed by atoms with Crippen LogP contribution in [0.4, 0.5) is 0 Å². The highest BCUT2D eigenvalue weighted by molar-refractivity contribution is 6.09. The summed E-state index contributed by atoms with van der Waals surface area (Å²) in [5, 5.41) is 2.14. The van der Waals surface area contributed by atoms with Gasteiger partial charge in [-0.1, -0.05) is 97.1 Å². The van der Waals surface area contributed by atoms with E-state index in [0.717, 1.165) is 75.5 Å². The van der Waals surface area contributed by atoms with Crippen molar-refractivity contribution in [3.05, 3.63) is 191 Å². The van der Waals surface area contributed by atoms with Crippen LogP contribution in [0.3, 0.4) is 0 Å². The van der Waals surface area contributed by atoms with E-state index in [-0.39, 0.29) is 10.8 Å². The second-order valence-electron chi connectivity index (χ2n) is 15.5. The summed E-state index contributed by atoms with van der Waals surface area (Å²) in [5.74, 6) is 4.05. The van der Waals surface area contributed by atoms with Crippen LogP contribution in [0.1, 0.15) is 58.2 Å². The zero-order valence-electron chi connectivity index (χ0n) is 32.7. The minimum atomic E-state index is -0.953. The quantitative estimate of drug-likeness (QED) is 0.155. The van der Waals surface area contributed by atoms with Gasteiger partial charge in [0.15, 0.2) is 5.60 Å². The molecule has 0 N–H and O–H groups in total. The average Bonchev–Trinajstić information content (AvgIpc) is 3.83. The van der Waals surface area contributed by atoms with Gasteiger partial charge in [0.1, 0.15) is 28.7 Å². The predicted molar refractivity (Wildman–Crippen MR) is 227 cm³/mol. The third-order valence-corrected chi connectivity index (χ3v) is 13.0. The van der Waals surface area contributed by atoms with Gasteiger partial charge in [-0.05, 0) is 119 Å². The highest BCUT2D eigenvalue weighted by Crippen LogP contribution is 2.67. The first-order chi connectivity index (χ1) is 28.0.